The summed E-state index contributed by atoms with van der Waals surface area (Å²) in [5.41, 5.74) is 7.46. The zero-order valence-electron chi connectivity index (χ0n) is 22.8. The highest BCUT2D eigenvalue weighted by Gasteiger charge is 2.41. The van der Waals surface area contributed by atoms with Gasteiger partial charge in [-0.25, -0.2) is 4.68 Å². The van der Waals surface area contributed by atoms with Crippen molar-refractivity contribution >= 4 is 21.9 Å². The van der Waals surface area contributed by atoms with E-state index in [1.165, 1.54) is 5.56 Å². The molecule has 0 amide bonds. The van der Waals surface area contributed by atoms with Crippen LogP contribution in [0.15, 0.2) is 60.8 Å². The van der Waals surface area contributed by atoms with Gasteiger partial charge in [0, 0.05) is 37.4 Å². The molecule has 0 unspecified atom stereocenters. The van der Waals surface area contributed by atoms with E-state index >= 15 is 0 Å². The number of pyridine rings is 1. The van der Waals surface area contributed by atoms with Gasteiger partial charge in [-0.3, -0.25) is 4.98 Å². The van der Waals surface area contributed by atoms with E-state index in [1.54, 1.807) is 0 Å². The molecule has 5 aromatic rings. The van der Waals surface area contributed by atoms with Crippen LogP contribution in [0.4, 0.5) is 0 Å². The first kappa shape index (κ1) is 24.5. The van der Waals surface area contributed by atoms with Crippen molar-refractivity contribution in [3.63, 3.8) is 0 Å². The van der Waals surface area contributed by atoms with Crippen LogP contribution in [0.25, 0.3) is 33.2 Å². The Kier molecular flexibility index (Phi) is 5.83. The van der Waals surface area contributed by atoms with E-state index in [2.05, 4.69) is 69.5 Å². The largest absolute Gasteiger partial charge is 0.385 e. The topological polar surface area (TPSA) is 78.0 Å². The second-order valence-corrected chi connectivity index (χ2v) is 11.6. The lowest BCUT2D eigenvalue weighted by atomic mass is 9.86. The lowest BCUT2D eigenvalue weighted by Gasteiger charge is -2.33. The summed E-state index contributed by atoms with van der Waals surface area (Å²) in [6, 6.07) is 19.7. The van der Waals surface area contributed by atoms with Gasteiger partial charge in [-0.05, 0) is 74.6 Å². The van der Waals surface area contributed by atoms with E-state index < -0.39 is 5.60 Å². The van der Waals surface area contributed by atoms with Crippen LogP contribution in [0.5, 0.6) is 0 Å². The molecule has 7 nitrogen and oxygen atoms in total. The van der Waals surface area contributed by atoms with Crippen molar-refractivity contribution < 1.29 is 9.84 Å². The molecule has 1 saturated heterocycles. The molecule has 0 radical (unpaired) electrons. The summed E-state index contributed by atoms with van der Waals surface area (Å²) in [4.78, 5) is 5.05. The molecule has 1 aliphatic carbocycles. The third-order valence-electron chi connectivity index (χ3n) is 9.00. The van der Waals surface area contributed by atoms with Crippen LogP contribution < -0.4 is 0 Å². The summed E-state index contributed by atoms with van der Waals surface area (Å²) in [6.45, 7) is 5.51. The monoisotopic (exact) mass is 521 g/mol. The highest BCUT2D eigenvalue weighted by molar-refractivity contribution is 6.07. The molecule has 1 saturated carbocycles. The molecule has 2 aromatic carbocycles. The van der Waals surface area contributed by atoms with Gasteiger partial charge < -0.3 is 14.4 Å². The van der Waals surface area contributed by atoms with E-state index in [4.69, 9.17) is 9.72 Å². The Morgan fingerprint density at radius 3 is 2.46 bits per heavy atom. The van der Waals surface area contributed by atoms with Crippen molar-refractivity contribution in [1.29, 1.82) is 0 Å². The summed E-state index contributed by atoms with van der Waals surface area (Å²) in [5, 5.41) is 21.2. The Hall–Kier alpha value is -3.55. The Bertz CT molecular complexity index is 1640. The minimum Gasteiger partial charge on any atom is -0.385 e. The molecule has 1 N–H and O–H groups in total. The molecule has 200 valence electrons. The number of aromatic nitrogens is 5. The van der Waals surface area contributed by atoms with Gasteiger partial charge in [0.1, 0.15) is 0 Å². The van der Waals surface area contributed by atoms with Crippen LogP contribution in [0, 0.1) is 18.8 Å². The van der Waals surface area contributed by atoms with Gasteiger partial charge in [0.2, 0.25) is 0 Å². The van der Waals surface area contributed by atoms with E-state index in [-0.39, 0.29) is 6.04 Å². The normalized spacial score (nSPS) is 19.0. The second kappa shape index (κ2) is 9.28. The van der Waals surface area contributed by atoms with Crippen molar-refractivity contribution in [2.45, 2.75) is 51.2 Å². The van der Waals surface area contributed by atoms with Crippen LogP contribution in [0.1, 0.15) is 55.5 Å². The average molecular weight is 522 g/mol. The SMILES string of the molecule is Cc1nnn(C)c1-c1cnc2c3ccc([C@@](C)(O)C4CC4)cc3n([C@H](c3ccccc3)C3CCOCC3)c2c1. The van der Waals surface area contributed by atoms with Crippen LogP contribution in [0.2, 0.25) is 0 Å². The van der Waals surface area contributed by atoms with Crippen LogP contribution in [-0.4, -0.2) is 42.9 Å². The Morgan fingerprint density at radius 2 is 1.77 bits per heavy atom. The van der Waals surface area contributed by atoms with E-state index in [9.17, 15) is 5.11 Å². The van der Waals surface area contributed by atoms with E-state index in [0.29, 0.717) is 11.8 Å². The first-order valence-electron chi connectivity index (χ1n) is 14.1. The number of ether oxygens (including phenoxy) is 1. The third-order valence-corrected chi connectivity index (χ3v) is 9.00. The fourth-order valence-electron chi connectivity index (χ4n) is 6.70. The maximum absolute atomic E-state index is 11.5. The summed E-state index contributed by atoms with van der Waals surface area (Å²) < 4.78 is 10.1. The number of hydrogen-bond acceptors (Lipinski definition) is 5. The van der Waals surface area contributed by atoms with E-state index in [1.807, 2.05) is 31.8 Å². The fourth-order valence-corrected chi connectivity index (χ4v) is 6.70. The molecule has 2 fully saturated rings. The van der Waals surface area contributed by atoms with Crippen molar-refractivity contribution in [1.82, 2.24) is 24.5 Å². The highest BCUT2D eigenvalue weighted by atomic mass is 16.5. The maximum atomic E-state index is 11.5. The number of aliphatic hydroxyl groups is 1. The minimum atomic E-state index is -0.841. The molecule has 3 aromatic heterocycles. The number of nitrogens with zero attached hydrogens (tertiary/aromatic N) is 5. The summed E-state index contributed by atoms with van der Waals surface area (Å²) >= 11 is 0. The van der Waals surface area contributed by atoms with E-state index in [0.717, 1.165) is 83.3 Å². The Morgan fingerprint density at radius 1 is 1.00 bits per heavy atom. The molecule has 7 rings (SSSR count). The van der Waals surface area contributed by atoms with Crippen LogP contribution >= 0.6 is 0 Å². The molecule has 4 heterocycles. The first-order valence-corrected chi connectivity index (χ1v) is 14.1. The number of rotatable bonds is 6. The number of fused-ring (bicyclic) bond motifs is 3. The van der Waals surface area contributed by atoms with Gasteiger partial charge in [0.05, 0.1) is 39.6 Å². The summed E-state index contributed by atoms with van der Waals surface area (Å²) in [6.07, 6.45) is 6.09. The molecule has 39 heavy (non-hydrogen) atoms. The quantitative estimate of drug-likeness (QED) is 0.300. The standard InChI is InChI=1S/C32H35N5O2/c1-20-30(36(3)35-34-20)23-17-28-29(33-19-23)26-12-11-25(32(2,38)24-9-10-24)18-27(26)37(28)31(21-7-5-4-6-8-21)22-13-15-39-16-14-22/h4-8,11-12,17-19,22,24,31,38H,9-10,13-16H2,1-3H3/t31-,32+/m1/s1. The van der Waals surface area contributed by atoms with Gasteiger partial charge in [-0.2, -0.15) is 0 Å². The lowest BCUT2D eigenvalue weighted by molar-refractivity contribution is 0.0332. The molecular weight excluding hydrogens is 486 g/mol. The minimum absolute atomic E-state index is 0.110. The first-order chi connectivity index (χ1) is 18.9. The zero-order chi connectivity index (χ0) is 26.7. The van der Waals surface area contributed by atoms with Crippen molar-refractivity contribution in [2.75, 3.05) is 13.2 Å². The van der Waals surface area contributed by atoms with Gasteiger partial charge in [-0.1, -0.05) is 47.7 Å². The smallest absolute Gasteiger partial charge is 0.0960 e. The van der Waals surface area contributed by atoms with Gasteiger partial charge >= 0.3 is 0 Å². The van der Waals surface area contributed by atoms with Crippen molar-refractivity contribution in [3.8, 4) is 11.3 Å². The third kappa shape index (κ3) is 4.07. The predicted molar refractivity (Wildman–Crippen MR) is 152 cm³/mol. The molecule has 2 atom stereocenters. The van der Waals surface area contributed by atoms with Crippen LogP contribution in [0.3, 0.4) is 0 Å². The van der Waals surface area contributed by atoms with Gasteiger partial charge in [-0.15, -0.1) is 5.10 Å². The molecule has 1 aliphatic heterocycles. The van der Waals surface area contributed by atoms with Crippen molar-refractivity contribution in [2.24, 2.45) is 18.9 Å². The molecule has 0 spiro atoms. The van der Waals surface area contributed by atoms with Gasteiger partial charge in [0.25, 0.3) is 0 Å². The molecule has 7 heteroatoms. The number of aryl methyl sites for hydroxylation is 2. The lowest BCUT2D eigenvalue weighted by Crippen LogP contribution is -2.27. The zero-order valence-corrected chi connectivity index (χ0v) is 22.8. The van der Waals surface area contributed by atoms with Gasteiger partial charge in [0.15, 0.2) is 0 Å². The summed E-state index contributed by atoms with van der Waals surface area (Å²) in [7, 11) is 1.93. The summed E-state index contributed by atoms with van der Waals surface area (Å²) in [5.74, 6) is 0.731. The predicted octanol–water partition coefficient (Wildman–Crippen LogP) is 5.93. The second-order valence-electron chi connectivity index (χ2n) is 11.6. The molecule has 0 bridgehead atoms. The molecule has 2 aliphatic rings. The Balaban J connectivity index is 1.53. The highest BCUT2D eigenvalue weighted by Crippen LogP contribution is 2.47. The van der Waals surface area contributed by atoms with Crippen molar-refractivity contribution in [3.05, 3.63) is 77.6 Å². The number of benzene rings is 2. The fraction of sp³-hybridized carbons (Fsp3) is 0.406. The Labute approximate surface area is 228 Å². The number of hydrogen-bond donors (Lipinski definition) is 1. The molecular formula is C32H35N5O2. The van der Waals surface area contributed by atoms with Crippen LogP contribution in [-0.2, 0) is 17.4 Å². The average Bonchev–Trinajstić information content (AvgIpc) is 3.71. The maximum Gasteiger partial charge on any atom is 0.0960 e.